The predicted molar refractivity (Wildman–Crippen MR) is 71.1 cm³/mol. The van der Waals surface area contributed by atoms with Crippen molar-refractivity contribution in [2.24, 2.45) is 0 Å². The molecule has 0 amide bonds. The molecular weight excluding hydrogens is 264 g/mol. The molecule has 0 saturated heterocycles. The monoisotopic (exact) mass is 278 g/mol. The van der Waals surface area contributed by atoms with E-state index in [4.69, 9.17) is 0 Å². The smallest absolute Gasteiger partial charge is 0.241 e. The summed E-state index contributed by atoms with van der Waals surface area (Å²) in [5.74, 6) is -0.0862. The Bertz CT molecular complexity index is 657. The summed E-state index contributed by atoms with van der Waals surface area (Å²) in [5, 5.41) is 9.33. The van der Waals surface area contributed by atoms with Gasteiger partial charge in [0.25, 0.3) is 0 Å². The van der Waals surface area contributed by atoms with Gasteiger partial charge in [0, 0.05) is 18.4 Å². The number of aromatic hydroxyl groups is 1. The molecule has 1 aromatic heterocycles. The molecule has 0 radical (unpaired) electrons. The topological polar surface area (TPSA) is 79.3 Å². The molecule has 1 atom stereocenters. The number of nitrogens with zero attached hydrogens (tertiary/aromatic N) is 1. The van der Waals surface area contributed by atoms with Gasteiger partial charge in [0.05, 0.1) is 4.90 Å². The van der Waals surface area contributed by atoms with Gasteiger partial charge in [0.2, 0.25) is 10.0 Å². The molecule has 0 aliphatic carbocycles. The van der Waals surface area contributed by atoms with Crippen molar-refractivity contribution in [2.75, 3.05) is 0 Å². The first kappa shape index (κ1) is 13.5. The van der Waals surface area contributed by atoms with Crippen LogP contribution in [-0.2, 0) is 10.0 Å². The Kier molecular flexibility index (Phi) is 3.82. The van der Waals surface area contributed by atoms with E-state index in [-0.39, 0.29) is 10.6 Å². The van der Waals surface area contributed by atoms with Crippen molar-refractivity contribution in [3.8, 4) is 5.75 Å². The number of phenols is 1. The summed E-state index contributed by atoms with van der Waals surface area (Å²) in [5.41, 5.74) is 0.770. The van der Waals surface area contributed by atoms with E-state index in [0.717, 1.165) is 5.56 Å². The molecule has 1 unspecified atom stereocenters. The zero-order chi connectivity index (χ0) is 13.9. The lowest BCUT2D eigenvalue weighted by Gasteiger charge is -2.14. The van der Waals surface area contributed by atoms with E-state index in [9.17, 15) is 13.5 Å². The maximum atomic E-state index is 12.1. The average molecular weight is 278 g/mol. The van der Waals surface area contributed by atoms with Crippen LogP contribution < -0.4 is 4.72 Å². The van der Waals surface area contributed by atoms with Crippen LogP contribution >= 0.6 is 0 Å². The molecule has 0 saturated carbocycles. The Morgan fingerprint density at radius 2 is 2.05 bits per heavy atom. The summed E-state index contributed by atoms with van der Waals surface area (Å²) in [4.78, 5) is 3.98. The summed E-state index contributed by atoms with van der Waals surface area (Å²) in [7, 11) is -3.67. The summed E-state index contributed by atoms with van der Waals surface area (Å²) in [6.45, 7) is 1.73. The van der Waals surface area contributed by atoms with Crippen LogP contribution in [0.3, 0.4) is 0 Å². The van der Waals surface area contributed by atoms with Gasteiger partial charge >= 0.3 is 0 Å². The summed E-state index contributed by atoms with van der Waals surface area (Å²) < 4.78 is 26.8. The normalized spacial score (nSPS) is 13.1. The third-order valence-electron chi connectivity index (χ3n) is 2.64. The SMILES string of the molecule is CC(NS(=O)(=O)c1cccc(O)c1)c1cccnc1. The van der Waals surface area contributed by atoms with E-state index in [1.54, 1.807) is 31.5 Å². The van der Waals surface area contributed by atoms with Crippen LogP contribution in [0.25, 0.3) is 0 Å². The van der Waals surface area contributed by atoms with Crippen LogP contribution in [-0.4, -0.2) is 18.5 Å². The van der Waals surface area contributed by atoms with Crippen molar-refractivity contribution in [1.82, 2.24) is 9.71 Å². The molecule has 19 heavy (non-hydrogen) atoms. The highest BCUT2D eigenvalue weighted by Gasteiger charge is 2.18. The largest absolute Gasteiger partial charge is 0.508 e. The van der Waals surface area contributed by atoms with Gasteiger partial charge in [0.15, 0.2) is 0 Å². The van der Waals surface area contributed by atoms with Crippen molar-refractivity contribution in [1.29, 1.82) is 0 Å². The molecule has 5 nitrogen and oxygen atoms in total. The molecule has 100 valence electrons. The number of hydrogen-bond acceptors (Lipinski definition) is 4. The van der Waals surface area contributed by atoms with E-state index < -0.39 is 16.1 Å². The minimum Gasteiger partial charge on any atom is -0.508 e. The molecule has 0 bridgehead atoms. The summed E-state index contributed by atoms with van der Waals surface area (Å²) in [6.07, 6.45) is 3.23. The van der Waals surface area contributed by atoms with Crippen molar-refractivity contribution in [3.63, 3.8) is 0 Å². The van der Waals surface area contributed by atoms with Gasteiger partial charge in [-0.15, -0.1) is 0 Å². The van der Waals surface area contributed by atoms with Gasteiger partial charge in [-0.1, -0.05) is 12.1 Å². The van der Waals surface area contributed by atoms with Gasteiger partial charge < -0.3 is 5.11 Å². The Hall–Kier alpha value is -1.92. The third-order valence-corrected chi connectivity index (χ3v) is 4.18. The second-order valence-electron chi connectivity index (χ2n) is 4.13. The molecule has 0 fully saturated rings. The molecule has 6 heteroatoms. The maximum Gasteiger partial charge on any atom is 0.241 e. The van der Waals surface area contributed by atoms with Crippen molar-refractivity contribution in [3.05, 3.63) is 54.4 Å². The fourth-order valence-corrected chi connectivity index (χ4v) is 2.92. The fourth-order valence-electron chi connectivity index (χ4n) is 1.65. The Morgan fingerprint density at radius 3 is 2.68 bits per heavy atom. The van der Waals surface area contributed by atoms with E-state index in [1.807, 2.05) is 0 Å². The Balaban J connectivity index is 2.23. The van der Waals surface area contributed by atoms with Crippen LogP contribution in [0.4, 0.5) is 0 Å². The van der Waals surface area contributed by atoms with E-state index >= 15 is 0 Å². The number of nitrogens with one attached hydrogen (secondary N) is 1. The first-order valence-electron chi connectivity index (χ1n) is 5.70. The van der Waals surface area contributed by atoms with Gasteiger partial charge in [-0.3, -0.25) is 4.98 Å². The lowest BCUT2D eigenvalue weighted by atomic mass is 10.2. The third kappa shape index (κ3) is 3.30. The lowest BCUT2D eigenvalue weighted by Crippen LogP contribution is -2.26. The number of rotatable bonds is 4. The van der Waals surface area contributed by atoms with E-state index in [2.05, 4.69) is 9.71 Å². The van der Waals surface area contributed by atoms with Gasteiger partial charge in [-0.2, -0.15) is 0 Å². The van der Waals surface area contributed by atoms with Crippen LogP contribution in [0.15, 0.2) is 53.7 Å². The summed E-state index contributed by atoms with van der Waals surface area (Å²) in [6, 6.07) is 8.68. The molecule has 2 aromatic rings. The molecule has 2 N–H and O–H groups in total. The average Bonchev–Trinajstić information content (AvgIpc) is 2.39. The highest BCUT2D eigenvalue weighted by molar-refractivity contribution is 7.89. The number of sulfonamides is 1. The standard InChI is InChI=1S/C13H14N2O3S/c1-10(11-4-3-7-14-9-11)15-19(17,18)13-6-2-5-12(16)8-13/h2-10,15-16H,1H3. The lowest BCUT2D eigenvalue weighted by molar-refractivity contribution is 0.473. The van der Waals surface area contributed by atoms with Crippen LogP contribution in [0.5, 0.6) is 5.75 Å². The molecule has 1 heterocycles. The van der Waals surface area contributed by atoms with E-state index in [1.165, 1.54) is 24.3 Å². The predicted octanol–water partition coefficient (Wildman–Crippen LogP) is 1.83. The number of benzene rings is 1. The number of pyridine rings is 1. The zero-order valence-electron chi connectivity index (χ0n) is 10.3. The number of hydrogen-bond donors (Lipinski definition) is 2. The quantitative estimate of drug-likeness (QED) is 0.894. The van der Waals surface area contributed by atoms with E-state index in [0.29, 0.717) is 0 Å². The molecule has 0 aliphatic heterocycles. The second-order valence-corrected chi connectivity index (χ2v) is 5.84. The Morgan fingerprint density at radius 1 is 1.26 bits per heavy atom. The highest BCUT2D eigenvalue weighted by Crippen LogP contribution is 2.19. The molecule has 2 rings (SSSR count). The van der Waals surface area contributed by atoms with Gasteiger partial charge in [-0.05, 0) is 36.8 Å². The molecule has 0 aliphatic rings. The minimum atomic E-state index is -3.67. The van der Waals surface area contributed by atoms with Gasteiger partial charge in [-0.25, -0.2) is 13.1 Å². The highest BCUT2D eigenvalue weighted by atomic mass is 32.2. The van der Waals surface area contributed by atoms with Crippen molar-refractivity contribution >= 4 is 10.0 Å². The van der Waals surface area contributed by atoms with Crippen LogP contribution in [0, 0.1) is 0 Å². The maximum absolute atomic E-state index is 12.1. The van der Waals surface area contributed by atoms with Gasteiger partial charge in [0.1, 0.15) is 5.75 Å². The fraction of sp³-hybridized carbons (Fsp3) is 0.154. The zero-order valence-corrected chi connectivity index (χ0v) is 11.1. The van der Waals surface area contributed by atoms with Crippen molar-refractivity contribution in [2.45, 2.75) is 17.9 Å². The first-order valence-corrected chi connectivity index (χ1v) is 7.18. The molecule has 0 spiro atoms. The number of aromatic nitrogens is 1. The molecule has 1 aromatic carbocycles. The van der Waals surface area contributed by atoms with Crippen LogP contribution in [0.2, 0.25) is 0 Å². The number of phenolic OH excluding ortho intramolecular Hbond substituents is 1. The van der Waals surface area contributed by atoms with Crippen LogP contribution in [0.1, 0.15) is 18.5 Å². The summed E-state index contributed by atoms with van der Waals surface area (Å²) >= 11 is 0. The molecular formula is C13H14N2O3S. The first-order chi connectivity index (χ1) is 8.99. The Labute approximate surface area is 112 Å². The second kappa shape index (κ2) is 5.38. The van der Waals surface area contributed by atoms with Crippen molar-refractivity contribution < 1.29 is 13.5 Å². The minimum absolute atomic E-state index is 0.0308.